The number of carbonyl (C=O) groups excluding carboxylic acids is 2. The van der Waals surface area contributed by atoms with Crippen molar-refractivity contribution >= 4 is 17.6 Å². The van der Waals surface area contributed by atoms with E-state index in [0.717, 1.165) is 11.3 Å². The zero-order valence-corrected chi connectivity index (χ0v) is 10.6. The molecule has 1 saturated heterocycles. The van der Waals surface area contributed by atoms with Crippen molar-refractivity contribution in [1.82, 2.24) is 20.5 Å². The molecule has 1 unspecified atom stereocenters. The molecule has 0 saturated carbocycles. The summed E-state index contributed by atoms with van der Waals surface area (Å²) in [5.41, 5.74) is 1.72. The fraction of sp³-hybridized carbons (Fsp3) is 0.231. The Balaban J connectivity index is 1.68. The Morgan fingerprint density at radius 1 is 1.35 bits per heavy atom. The Hall–Kier alpha value is -2.70. The van der Waals surface area contributed by atoms with E-state index in [2.05, 4.69) is 25.8 Å². The molecular weight excluding hydrogens is 258 g/mol. The maximum absolute atomic E-state index is 11.9. The van der Waals surface area contributed by atoms with Crippen molar-refractivity contribution in [1.29, 1.82) is 0 Å². The van der Waals surface area contributed by atoms with Crippen molar-refractivity contribution in [2.24, 2.45) is 0 Å². The lowest BCUT2D eigenvalue weighted by Crippen LogP contribution is -2.37. The molecule has 1 aliphatic heterocycles. The van der Waals surface area contributed by atoms with Gasteiger partial charge < -0.3 is 10.6 Å². The minimum atomic E-state index is -0.469. The summed E-state index contributed by atoms with van der Waals surface area (Å²) in [5.74, 6) is 0.0937. The summed E-state index contributed by atoms with van der Waals surface area (Å²) in [6.07, 6.45) is 4.28. The minimum absolute atomic E-state index is 0.0929. The van der Waals surface area contributed by atoms with E-state index in [1.165, 1.54) is 0 Å². The highest BCUT2D eigenvalue weighted by Gasteiger charge is 2.27. The Kier molecular flexibility index (Phi) is 3.16. The third-order valence-corrected chi connectivity index (χ3v) is 3.13. The molecule has 3 heterocycles. The number of hydrogen-bond acceptors (Lipinski definition) is 4. The first-order valence-electron chi connectivity index (χ1n) is 6.28. The third kappa shape index (κ3) is 2.51. The van der Waals surface area contributed by atoms with Crippen LogP contribution >= 0.6 is 0 Å². The molecule has 102 valence electrons. The Morgan fingerprint density at radius 3 is 2.85 bits per heavy atom. The molecule has 1 aliphatic rings. The predicted octanol–water partition coefficient (Wildman–Crippen LogP) is 0.689. The van der Waals surface area contributed by atoms with Gasteiger partial charge in [0.15, 0.2) is 5.82 Å². The molecule has 0 aromatic carbocycles. The maximum atomic E-state index is 11.9. The van der Waals surface area contributed by atoms with Crippen LogP contribution in [-0.2, 0) is 9.59 Å². The van der Waals surface area contributed by atoms with E-state index < -0.39 is 6.04 Å². The molecule has 3 rings (SSSR count). The molecule has 0 bridgehead atoms. The van der Waals surface area contributed by atoms with Gasteiger partial charge in [0.05, 0.1) is 5.69 Å². The highest BCUT2D eigenvalue weighted by Crippen LogP contribution is 2.19. The van der Waals surface area contributed by atoms with E-state index in [0.29, 0.717) is 18.7 Å². The van der Waals surface area contributed by atoms with Crippen molar-refractivity contribution in [2.75, 3.05) is 5.32 Å². The summed E-state index contributed by atoms with van der Waals surface area (Å²) < 4.78 is 0. The van der Waals surface area contributed by atoms with Crippen LogP contribution in [-0.4, -0.2) is 33.0 Å². The molecule has 7 heteroatoms. The monoisotopic (exact) mass is 271 g/mol. The SMILES string of the molecule is O=C1CCC(C(=O)Nc2cc(-c3ccncc3)[nH]n2)N1. The number of pyridine rings is 1. The van der Waals surface area contributed by atoms with Gasteiger partial charge in [-0.25, -0.2) is 0 Å². The zero-order valence-electron chi connectivity index (χ0n) is 10.6. The normalized spacial score (nSPS) is 17.8. The molecule has 2 aromatic heterocycles. The summed E-state index contributed by atoms with van der Waals surface area (Å²) in [4.78, 5) is 26.9. The molecule has 2 aromatic rings. The topological polar surface area (TPSA) is 99.8 Å². The van der Waals surface area contributed by atoms with Crippen molar-refractivity contribution in [3.8, 4) is 11.3 Å². The van der Waals surface area contributed by atoms with Crippen LogP contribution in [0.3, 0.4) is 0 Å². The van der Waals surface area contributed by atoms with Gasteiger partial charge >= 0.3 is 0 Å². The van der Waals surface area contributed by atoms with Crippen molar-refractivity contribution in [2.45, 2.75) is 18.9 Å². The molecule has 7 nitrogen and oxygen atoms in total. The van der Waals surface area contributed by atoms with Crippen molar-refractivity contribution in [3.05, 3.63) is 30.6 Å². The second-order valence-electron chi connectivity index (χ2n) is 4.55. The number of aromatic amines is 1. The summed E-state index contributed by atoms with van der Waals surface area (Å²) in [6, 6.07) is 4.96. The van der Waals surface area contributed by atoms with E-state index in [1.807, 2.05) is 12.1 Å². The molecule has 0 aliphatic carbocycles. The molecule has 1 fully saturated rings. The van der Waals surface area contributed by atoms with E-state index >= 15 is 0 Å². The van der Waals surface area contributed by atoms with E-state index in [4.69, 9.17) is 0 Å². The van der Waals surface area contributed by atoms with Crippen LogP contribution in [0.15, 0.2) is 30.6 Å². The van der Waals surface area contributed by atoms with Gasteiger partial charge in [-0.05, 0) is 18.6 Å². The molecular formula is C13H13N5O2. The quantitative estimate of drug-likeness (QED) is 0.764. The van der Waals surface area contributed by atoms with E-state index in [9.17, 15) is 9.59 Å². The van der Waals surface area contributed by atoms with Crippen LogP contribution < -0.4 is 10.6 Å². The van der Waals surface area contributed by atoms with Crippen LogP contribution in [0.2, 0.25) is 0 Å². The Bertz CT molecular complexity index is 637. The molecule has 2 amide bonds. The van der Waals surface area contributed by atoms with E-state index in [1.54, 1.807) is 18.5 Å². The average Bonchev–Trinajstić information content (AvgIpc) is 3.09. The smallest absolute Gasteiger partial charge is 0.248 e. The van der Waals surface area contributed by atoms with Gasteiger partial charge in [-0.3, -0.25) is 19.7 Å². The highest BCUT2D eigenvalue weighted by molar-refractivity contribution is 5.98. The highest BCUT2D eigenvalue weighted by atomic mass is 16.2. The first-order valence-corrected chi connectivity index (χ1v) is 6.28. The number of aromatic nitrogens is 3. The lowest BCUT2D eigenvalue weighted by molar-refractivity contribution is -0.122. The van der Waals surface area contributed by atoms with Gasteiger partial charge in [0, 0.05) is 30.4 Å². The minimum Gasteiger partial charge on any atom is -0.344 e. The van der Waals surface area contributed by atoms with Gasteiger partial charge in [0.1, 0.15) is 6.04 Å². The van der Waals surface area contributed by atoms with Crippen LogP contribution in [0.1, 0.15) is 12.8 Å². The standard InChI is InChI=1S/C13H13N5O2/c19-12-2-1-9(15-12)13(20)16-11-7-10(17-18-11)8-3-5-14-6-4-8/h3-7,9H,1-2H2,(H,15,19)(H2,16,17,18,20). The summed E-state index contributed by atoms with van der Waals surface area (Å²) in [5, 5.41) is 12.2. The lowest BCUT2D eigenvalue weighted by Gasteiger charge is -2.08. The maximum Gasteiger partial charge on any atom is 0.248 e. The predicted molar refractivity (Wildman–Crippen MR) is 71.6 cm³/mol. The second kappa shape index (κ2) is 5.12. The number of carbonyl (C=O) groups is 2. The molecule has 20 heavy (non-hydrogen) atoms. The fourth-order valence-electron chi connectivity index (χ4n) is 2.09. The van der Waals surface area contributed by atoms with Crippen molar-refractivity contribution < 1.29 is 9.59 Å². The molecule has 0 radical (unpaired) electrons. The zero-order chi connectivity index (χ0) is 13.9. The van der Waals surface area contributed by atoms with Gasteiger partial charge in [-0.1, -0.05) is 0 Å². The average molecular weight is 271 g/mol. The third-order valence-electron chi connectivity index (χ3n) is 3.13. The number of H-pyrrole nitrogens is 1. The first-order chi connectivity index (χ1) is 9.72. The van der Waals surface area contributed by atoms with Crippen LogP contribution in [0, 0.1) is 0 Å². The molecule has 3 N–H and O–H groups in total. The fourth-order valence-corrected chi connectivity index (χ4v) is 2.09. The van der Waals surface area contributed by atoms with Gasteiger partial charge in [-0.15, -0.1) is 0 Å². The summed E-state index contributed by atoms with van der Waals surface area (Å²) in [6.45, 7) is 0. The van der Waals surface area contributed by atoms with Gasteiger partial charge in [0.2, 0.25) is 11.8 Å². The molecule has 0 spiro atoms. The Labute approximate surface area is 114 Å². The summed E-state index contributed by atoms with van der Waals surface area (Å²) >= 11 is 0. The second-order valence-corrected chi connectivity index (χ2v) is 4.55. The summed E-state index contributed by atoms with van der Waals surface area (Å²) in [7, 11) is 0. The number of amides is 2. The van der Waals surface area contributed by atoms with Crippen LogP contribution in [0.4, 0.5) is 5.82 Å². The van der Waals surface area contributed by atoms with Gasteiger partial charge in [-0.2, -0.15) is 5.10 Å². The number of nitrogens with one attached hydrogen (secondary N) is 3. The van der Waals surface area contributed by atoms with Crippen LogP contribution in [0.25, 0.3) is 11.3 Å². The van der Waals surface area contributed by atoms with Crippen LogP contribution in [0.5, 0.6) is 0 Å². The molecule has 1 atom stereocenters. The number of anilines is 1. The number of nitrogens with zero attached hydrogens (tertiary/aromatic N) is 2. The number of hydrogen-bond donors (Lipinski definition) is 3. The number of rotatable bonds is 3. The van der Waals surface area contributed by atoms with Crippen molar-refractivity contribution in [3.63, 3.8) is 0 Å². The van der Waals surface area contributed by atoms with E-state index in [-0.39, 0.29) is 11.8 Å². The van der Waals surface area contributed by atoms with Gasteiger partial charge in [0.25, 0.3) is 0 Å². The first kappa shape index (κ1) is 12.3. The largest absolute Gasteiger partial charge is 0.344 e. The Morgan fingerprint density at radius 2 is 2.15 bits per heavy atom. The lowest BCUT2D eigenvalue weighted by atomic mass is 10.2.